The zero-order valence-corrected chi connectivity index (χ0v) is 18.7. The molecule has 0 aromatic heterocycles. The first-order valence-electron chi connectivity index (χ1n) is 11.4. The molecule has 0 aromatic carbocycles. The van der Waals surface area contributed by atoms with Gasteiger partial charge in [-0.25, -0.2) is 0 Å². The molecular formula is C21H44O4Si. The van der Waals surface area contributed by atoms with Gasteiger partial charge >= 0.3 is 9.05 Å². The first kappa shape index (κ1) is 24.1. The molecule has 0 radical (unpaired) electrons. The van der Waals surface area contributed by atoms with Crippen LogP contribution in [0.2, 0.25) is 0 Å². The quantitative estimate of drug-likeness (QED) is 0.214. The number of unbranched alkanes of at least 4 members (excludes halogenated alkanes) is 6. The third-order valence-corrected chi connectivity index (χ3v) is 7.24. The monoisotopic (exact) mass is 388 g/mol. The van der Waals surface area contributed by atoms with Crippen LogP contribution in [-0.2, 0) is 17.7 Å². The van der Waals surface area contributed by atoms with E-state index in [-0.39, 0.29) is 6.10 Å². The predicted molar refractivity (Wildman–Crippen MR) is 110 cm³/mol. The Kier molecular flexibility index (Phi) is 14.9. The highest BCUT2D eigenvalue weighted by atomic mass is 28.4. The molecule has 5 heteroatoms. The summed E-state index contributed by atoms with van der Waals surface area (Å²) in [4.78, 5) is 0. The summed E-state index contributed by atoms with van der Waals surface area (Å²) in [7, 11) is -3.03. The molecule has 0 atom stereocenters. The third kappa shape index (κ3) is 11.0. The van der Waals surface area contributed by atoms with E-state index in [9.17, 15) is 0 Å². The van der Waals surface area contributed by atoms with Gasteiger partial charge in [-0.05, 0) is 32.1 Å². The minimum Gasteiger partial charge on any atom is -0.351 e. The van der Waals surface area contributed by atoms with Crippen LogP contribution in [0.4, 0.5) is 0 Å². The fraction of sp³-hybridized carbons (Fsp3) is 1.00. The molecule has 0 bridgehead atoms. The first-order chi connectivity index (χ1) is 12.8. The van der Waals surface area contributed by atoms with Crippen LogP contribution in [0.1, 0.15) is 111 Å². The number of hydrogen-bond donors (Lipinski definition) is 0. The highest BCUT2D eigenvalue weighted by Gasteiger charge is 2.47. The van der Waals surface area contributed by atoms with Gasteiger partial charge in [0.15, 0.2) is 0 Å². The molecular weight excluding hydrogens is 344 g/mol. The van der Waals surface area contributed by atoms with Crippen LogP contribution in [0.15, 0.2) is 0 Å². The van der Waals surface area contributed by atoms with Crippen LogP contribution in [0.5, 0.6) is 0 Å². The largest absolute Gasteiger partial charge is 0.679 e. The van der Waals surface area contributed by atoms with Gasteiger partial charge in [0.05, 0.1) is 6.10 Å². The lowest BCUT2D eigenvalue weighted by molar-refractivity contribution is -0.0644. The topological polar surface area (TPSA) is 36.9 Å². The summed E-state index contributed by atoms with van der Waals surface area (Å²) in [6.07, 6.45) is 16.6. The highest BCUT2D eigenvalue weighted by molar-refractivity contribution is 6.53. The van der Waals surface area contributed by atoms with Gasteiger partial charge in [-0.2, -0.15) is 0 Å². The smallest absolute Gasteiger partial charge is 0.351 e. The SMILES string of the molecule is CCCCCO[Si](OCCCCC)(OCCCCC)OC1CCCCC1. The van der Waals surface area contributed by atoms with Gasteiger partial charge in [0.2, 0.25) is 0 Å². The van der Waals surface area contributed by atoms with Crippen molar-refractivity contribution in [1.29, 1.82) is 0 Å². The normalized spacial score (nSPS) is 16.3. The summed E-state index contributed by atoms with van der Waals surface area (Å²) in [5.41, 5.74) is 0. The van der Waals surface area contributed by atoms with Gasteiger partial charge in [-0.1, -0.05) is 78.6 Å². The van der Waals surface area contributed by atoms with E-state index in [4.69, 9.17) is 17.7 Å². The van der Waals surface area contributed by atoms with Crippen molar-refractivity contribution in [2.45, 2.75) is 117 Å². The lowest BCUT2D eigenvalue weighted by atomic mass is 9.98. The molecule has 26 heavy (non-hydrogen) atoms. The van der Waals surface area contributed by atoms with Crippen molar-refractivity contribution < 1.29 is 17.7 Å². The summed E-state index contributed by atoms with van der Waals surface area (Å²) < 4.78 is 25.3. The second-order valence-corrected chi connectivity index (χ2v) is 9.65. The molecule has 1 fully saturated rings. The Balaban J connectivity index is 2.66. The Labute approximate surface area is 163 Å². The zero-order valence-electron chi connectivity index (χ0n) is 17.7. The minimum atomic E-state index is -3.03. The second kappa shape index (κ2) is 16.1. The molecule has 156 valence electrons. The maximum atomic E-state index is 6.49. The lowest BCUT2D eigenvalue weighted by Crippen LogP contribution is -2.52. The Morgan fingerprint density at radius 3 is 1.42 bits per heavy atom. The summed E-state index contributed by atoms with van der Waals surface area (Å²) >= 11 is 0. The molecule has 1 saturated carbocycles. The first-order valence-corrected chi connectivity index (χ1v) is 13.0. The molecule has 0 amide bonds. The molecule has 4 nitrogen and oxygen atoms in total. The van der Waals surface area contributed by atoms with Crippen LogP contribution >= 0.6 is 0 Å². The second-order valence-electron chi connectivity index (χ2n) is 7.54. The number of hydrogen-bond acceptors (Lipinski definition) is 4. The molecule has 0 aromatic rings. The molecule has 0 saturated heterocycles. The molecule has 0 N–H and O–H groups in total. The van der Waals surface area contributed by atoms with Crippen molar-refractivity contribution in [2.75, 3.05) is 19.8 Å². The molecule has 0 aliphatic heterocycles. The van der Waals surface area contributed by atoms with E-state index < -0.39 is 9.05 Å². The van der Waals surface area contributed by atoms with Gasteiger partial charge in [0, 0.05) is 19.8 Å². The van der Waals surface area contributed by atoms with Crippen molar-refractivity contribution in [2.24, 2.45) is 0 Å². The van der Waals surface area contributed by atoms with E-state index in [1.54, 1.807) is 0 Å². The van der Waals surface area contributed by atoms with Gasteiger partial charge in [-0.3, -0.25) is 0 Å². The molecule has 1 aliphatic carbocycles. The Morgan fingerprint density at radius 2 is 1.04 bits per heavy atom. The minimum absolute atomic E-state index is 0.249. The van der Waals surface area contributed by atoms with Crippen molar-refractivity contribution in [3.05, 3.63) is 0 Å². The Bertz CT molecular complexity index is 277. The van der Waals surface area contributed by atoms with Crippen molar-refractivity contribution in [3.8, 4) is 0 Å². The summed E-state index contributed by atoms with van der Waals surface area (Å²) in [5, 5.41) is 0. The van der Waals surface area contributed by atoms with E-state index in [2.05, 4.69) is 20.8 Å². The summed E-state index contributed by atoms with van der Waals surface area (Å²) in [6.45, 7) is 8.71. The molecule has 0 spiro atoms. The van der Waals surface area contributed by atoms with Crippen LogP contribution in [0.25, 0.3) is 0 Å². The van der Waals surface area contributed by atoms with Crippen LogP contribution in [0, 0.1) is 0 Å². The summed E-state index contributed by atoms with van der Waals surface area (Å²) in [6, 6.07) is 0. The zero-order chi connectivity index (χ0) is 18.9. The average molecular weight is 389 g/mol. The number of rotatable bonds is 17. The highest BCUT2D eigenvalue weighted by Crippen LogP contribution is 2.26. The molecule has 1 rings (SSSR count). The van der Waals surface area contributed by atoms with E-state index in [1.165, 1.54) is 57.8 Å². The Morgan fingerprint density at radius 1 is 0.615 bits per heavy atom. The van der Waals surface area contributed by atoms with Crippen LogP contribution in [-0.4, -0.2) is 35.0 Å². The molecule has 0 heterocycles. The standard InChI is InChI=1S/C21H44O4Si/c1-4-7-13-18-22-26(23-19-14-8-5-2,24-20-15-9-6-3)25-21-16-11-10-12-17-21/h21H,4-20H2,1-3H3. The van der Waals surface area contributed by atoms with Gasteiger partial charge in [0.25, 0.3) is 0 Å². The molecule has 1 aliphatic rings. The maximum Gasteiger partial charge on any atom is 0.679 e. The average Bonchev–Trinajstić information content (AvgIpc) is 2.67. The van der Waals surface area contributed by atoms with Crippen molar-refractivity contribution in [3.63, 3.8) is 0 Å². The fourth-order valence-corrected chi connectivity index (χ4v) is 5.54. The summed E-state index contributed by atoms with van der Waals surface area (Å²) in [5.74, 6) is 0. The third-order valence-electron chi connectivity index (χ3n) is 4.94. The van der Waals surface area contributed by atoms with Crippen molar-refractivity contribution in [1.82, 2.24) is 0 Å². The van der Waals surface area contributed by atoms with Crippen molar-refractivity contribution >= 4 is 9.05 Å². The van der Waals surface area contributed by atoms with E-state index in [0.717, 1.165) is 32.1 Å². The Hall–Kier alpha value is 0.0569. The van der Waals surface area contributed by atoms with E-state index >= 15 is 0 Å². The fourth-order valence-electron chi connectivity index (χ4n) is 3.26. The van der Waals surface area contributed by atoms with E-state index in [1.807, 2.05) is 0 Å². The van der Waals surface area contributed by atoms with Gasteiger partial charge < -0.3 is 17.7 Å². The van der Waals surface area contributed by atoms with E-state index in [0.29, 0.717) is 19.8 Å². The van der Waals surface area contributed by atoms with Crippen LogP contribution < -0.4 is 0 Å². The lowest BCUT2D eigenvalue weighted by Gasteiger charge is -2.33. The molecule has 0 unspecified atom stereocenters. The predicted octanol–water partition coefficient (Wildman–Crippen LogP) is 6.39. The van der Waals surface area contributed by atoms with Crippen LogP contribution in [0.3, 0.4) is 0 Å². The maximum absolute atomic E-state index is 6.49. The van der Waals surface area contributed by atoms with Gasteiger partial charge in [-0.15, -0.1) is 0 Å². The van der Waals surface area contributed by atoms with Gasteiger partial charge in [0.1, 0.15) is 0 Å².